The van der Waals surface area contributed by atoms with Crippen LogP contribution in [0.15, 0.2) is 12.2 Å². The van der Waals surface area contributed by atoms with E-state index in [4.69, 9.17) is 4.74 Å². The Kier molecular flexibility index (Phi) is 2.48. The number of carbonyl (C=O) groups is 2. The van der Waals surface area contributed by atoms with Crippen LogP contribution in [-0.2, 0) is 14.3 Å². The number of carbonyl (C=O) groups excluding carboxylic acids is 2. The molecule has 98 valence electrons. The summed E-state index contributed by atoms with van der Waals surface area (Å²) in [5.41, 5.74) is -0.708. The third-order valence-corrected chi connectivity index (χ3v) is 4.23. The molecule has 1 amide bonds. The van der Waals surface area contributed by atoms with E-state index in [0.29, 0.717) is 13.1 Å². The summed E-state index contributed by atoms with van der Waals surface area (Å²) in [4.78, 5) is 25.2. The van der Waals surface area contributed by atoms with Gasteiger partial charge in [-0.2, -0.15) is 0 Å². The van der Waals surface area contributed by atoms with Crippen molar-refractivity contribution in [3.8, 4) is 0 Å². The number of hydrogen-bond donors (Lipinski definition) is 0. The Labute approximate surface area is 105 Å². The minimum atomic E-state index is -1.18. The third kappa shape index (κ3) is 1.37. The van der Waals surface area contributed by atoms with Gasteiger partial charge in [0.25, 0.3) is 0 Å². The van der Waals surface area contributed by atoms with Gasteiger partial charge in [0.1, 0.15) is 5.60 Å². The number of carboxylic acids is 1. The summed E-state index contributed by atoms with van der Waals surface area (Å²) in [6.07, 6.45) is 5.07. The molecule has 5 nitrogen and oxygen atoms in total. The number of hydrogen-bond acceptors (Lipinski definition) is 4. The number of carboxylic acid groups (broad SMARTS) is 1. The molecule has 3 rings (SSSR count). The smallest absolute Gasteiger partial charge is 0.229 e. The largest absolute Gasteiger partial charge is 0.550 e. The monoisotopic (exact) mass is 250 g/mol. The molecule has 18 heavy (non-hydrogen) atoms. The van der Waals surface area contributed by atoms with Crippen LogP contribution in [0.5, 0.6) is 0 Å². The molecule has 3 heterocycles. The zero-order chi connectivity index (χ0) is 12.9. The summed E-state index contributed by atoms with van der Waals surface area (Å²) in [7, 11) is 0. The summed E-state index contributed by atoms with van der Waals surface area (Å²) in [6.45, 7) is 3.22. The topological polar surface area (TPSA) is 69.7 Å². The molecular weight excluding hydrogens is 234 g/mol. The molecule has 0 aromatic carbocycles. The predicted molar refractivity (Wildman–Crippen MR) is 60.2 cm³/mol. The van der Waals surface area contributed by atoms with Gasteiger partial charge in [-0.25, -0.2) is 0 Å². The Hall–Kier alpha value is -1.36. The molecule has 4 atom stereocenters. The Morgan fingerprint density at radius 3 is 3.11 bits per heavy atom. The minimum Gasteiger partial charge on any atom is -0.550 e. The highest BCUT2D eigenvalue weighted by molar-refractivity contribution is 5.90. The fourth-order valence-corrected chi connectivity index (χ4v) is 3.39. The number of amides is 1. The maximum atomic E-state index is 12.3. The fourth-order valence-electron chi connectivity index (χ4n) is 3.39. The van der Waals surface area contributed by atoms with Crippen LogP contribution in [0.2, 0.25) is 0 Å². The Morgan fingerprint density at radius 1 is 1.67 bits per heavy atom. The van der Waals surface area contributed by atoms with E-state index in [1.54, 1.807) is 11.0 Å². The average Bonchev–Trinajstić information content (AvgIpc) is 2.95. The fraction of sp³-hybridized carbons (Fsp3) is 0.692. The number of aliphatic carboxylic acids is 1. The van der Waals surface area contributed by atoms with Crippen LogP contribution in [0.3, 0.4) is 0 Å². The normalized spacial score (nSPS) is 40.6. The molecule has 2 bridgehead atoms. The summed E-state index contributed by atoms with van der Waals surface area (Å²) < 4.78 is 5.74. The number of fused-ring (bicyclic) bond motifs is 1. The molecule has 2 saturated heterocycles. The first kappa shape index (κ1) is 11.7. The molecule has 0 unspecified atom stereocenters. The lowest BCUT2D eigenvalue weighted by molar-refractivity contribution is -0.313. The molecule has 1 spiro atoms. The number of unbranched alkanes of at least 4 members (excludes halogenated alkanes) is 1. The standard InChI is InChI=1S/C13H17NO4/c1-2-3-6-14-7-13-5-4-8(18-13)9(12(16)17)10(13)11(14)15/h4-5,8-10H,2-3,6-7H2,1H3,(H,16,17)/p-1/t8-,9-,10+,13+/m0/s1. The van der Waals surface area contributed by atoms with Crippen LogP contribution in [0.25, 0.3) is 0 Å². The second-order valence-corrected chi connectivity index (χ2v) is 5.33. The van der Waals surface area contributed by atoms with Gasteiger partial charge in [-0.05, 0) is 6.42 Å². The highest BCUT2D eigenvalue weighted by atomic mass is 16.5. The number of likely N-dealkylation sites (tertiary alicyclic amines) is 1. The lowest BCUT2D eigenvalue weighted by Crippen LogP contribution is -2.45. The zero-order valence-electron chi connectivity index (χ0n) is 10.3. The van der Waals surface area contributed by atoms with E-state index in [9.17, 15) is 14.7 Å². The lowest BCUT2D eigenvalue weighted by atomic mass is 9.77. The van der Waals surface area contributed by atoms with Crippen LogP contribution in [0.4, 0.5) is 0 Å². The number of ether oxygens (including phenoxy) is 1. The summed E-state index contributed by atoms with van der Waals surface area (Å²) in [5.74, 6) is -2.69. The molecule has 3 aliphatic rings. The van der Waals surface area contributed by atoms with Crippen molar-refractivity contribution in [3.63, 3.8) is 0 Å². The first-order valence-electron chi connectivity index (χ1n) is 6.46. The quantitative estimate of drug-likeness (QED) is 0.620. The molecule has 0 aliphatic carbocycles. The van der Waals surface area contributed by atoms with Crippen molar-refractivity contribution < 1.29 is 19.4 Å². The minimum absolute atomic E-state index is 0.0931. The molecule has 0 saturated carbocycles. The second kappa shape index (κ2) is 3.82. The van der Waals surface area contributed by atoms with E-state index in [1.807, 2.05) is 6.08 Å². The average molecular weight is 250 g/mol. The van der Waals surface area contributed by atoms with Crippen molar-refractivity contribution in [2.24, 2.45) is 11.8 Å². The molecule has 0 radical (unpaired) electrons. The van der Waals surface area contributed by atoms with Gasteiger partial charge in [0.2, 0.25) is 5.91 Å². The molecule has 5 heteroatoms. The maximum Gasteiger partial charge on any atom is 0.229 e. The van der Waals surface area contributed by atoms with Gasteiger partial charge in [0, 0.05) is 18.4 Å². The van der Waals surface area contributed by atoms with E-state index in [-0.39, 0.29) is 5.91 Å². The first-order valence-corrected chi connectivity index (χ1v) is 6.46. The Balaban J connectivity index is 1.87. The van der Waals surface area contributed by atoms with Crippen molar-refractivity contribution in [1.29, 1.82) is 0 Å². The summed E-state index contributed by atoms with van der Waals surface area (Å²) in [5, 5.41) is 11.2. The van der Waals surface area contributed by atoms with E-state index in [2.05, 4.69) is 6.92 Å². The molecule has 2 fully saturated rings. The first-order chi connectivity index (χ1) is 8.59. The van der Waals surface area contributed by atoms with Crippen molar-refractivity contribution in [3.05, 3.63) is 12.2 Å². The molecular formula is C13H16NO4-. The van der Waals surface area contributed by atoms with E-state index in [1.165, 1.54) is 0 Å². The second-order valence-electron chi connectivity index (χ2n) is 5.33. The van der Waals surface area contributed by atoms with Crippen LogP contribution >= 0.6 is 0 Å². The summed E-state index contributed by atoms with van der Waals surface area (Å²) >= 11 is 0. The van der Waals surface area contributed by atoms with Gasteiger partial charge in [0.15, 0.2) is 0 Å². The van der Waals surface area contributed by atoms with Crippen LogP contribution in [0.1, 0.15) is 19.8 Å². The van der Waals surface area contributed by atoms with Crippen molar-refractivity contribution in [2.45, 2.75) is 31.5 Å². The van der Waals surface area contributed by atoms with Crippen LogP contribution < -0.4 is 5.11 Å². The summed E-state index contributed by atoms with van der Waals surface area (Å²) in [6, 6.07) is 0. The van der Waals surface area contributed by atoms with Crippen molar-refractivity contribution in [2.75, 3.05) is 13.1 Å². The van der Waals surface area contributed by atoms with Gasteiger partial charge < -0.3 is 19.5 Å². The van der Waals surface area contributed by atoms with Crippen molar-refractivity contribution >= 4 is 11.9 Å². The SMILES string of the molecule is CCCCN1C[C@@]23C=C[C@H](O2)[C@H](C(=O)[O-])[C@@H]3C1=O. The highest BCUT2D eigenvalue weighted by Gasteiger charge is 2.65. The van der Waals surface area contributed by atoms with Crippen molar-refractivity contribution in [1.82, 2.24) is 4.90 Å². The number of nitrogens with zero attached hydrogens (tertiary/aromatic N) is 1. The van der Waals surface area contributed by atoms with E-state index in [0.717, 1.165) is 12.8 Å². The van der Waals surface area contributed by atoms with Gasteiger partial charge >= 0.3 is 0 Å². The van der Waals surface area contributed by atoms with Crippen LogP contribution in [0, 0.1) is 11.8 Å². The lowest BCUT2D eigenvalue weighted by Gasteiger charge is -2.24. The molecule has 3 aliphatic heterocycles. The third-order valence-electron chi connectivity index (χ3n) is 4.23. The zero-order valence-corrected chi connectivity index (χ0v) is 10.3. The van der Waals surface area contributed by atoms with E-state index >= 15 is 0 Å². The molecule has 0 N–H and O–H groups in total. The Morgan fingerprint density at radius 2 is 2.44 bits per heavy atom. The highest BCUT2D eigenvalue weighted by Crippen LogP contribution is 2.51. The maximum absolute atomic E-state index is 12.3. The number of rotatable bonds is 4. The predicted octanol–water partition coefficient (Wildman–Crippen LogP) is -0.682. The molecule has 0 aromatic rings. The van der Waals surface area contributed by atoms with Gasteiger partial charge in [-0.1, -0.05) is 25.5 Å². The van der Waals surface area contributed by atoms with Gasteiger partial charge in [-0.15, -0.1) is 0 Å². The van der Waals surface area contributed by atoms with E-state index < -0.39 is 29.5 Å². The Bertz CT molecular complexity index is 433. The van der Waals surface area contributed by atoms with Crippen LogP contribution in [-0.4, -0.2) is 41.6 Å². The van der Waals surface area contributed by atoms with Gasteiger partial charge in [0.05, 0.1) is 18.6 Å². The van der Waals surface area contributed by atoms with Gasteiger partial charge in [-0.3, -0.25) is 4.79 Å². The molecule has 0 aromatic heterocycles.